The predicted octanol–water partition coefficient (Wildman–Crippen LogP) is 5.82. The third-order valence-electron chi connectivity index (χ3n) is 5.49. The minimum Gasteiger partial charge on any atom is -0.462 e. The largest absolute Gasteiger partial charge is 0.472 e. The normalized spacial score (nSPS) is 13.8. The maximum absolute atomic E-state index is 12.3. The summed E-state index contributed by atoms with van der Waals surface area (Å²) in [6, 6.07) is 0. The zero-order valence-corrected chi connectivity index (χ0v) is 22.9. The molecule has 0 saturated heterocycles. The number of hydrogen-bond acceptors (Lipinski definition) is 8. The molecular formula is C25H50NO8P. The van der Waals surface area contributed by atoms with Gasteiger partial charge in [-0.05, 0) is 12.8 Å². The Labute approximate surface area is 212 Å². The molecule has 35 heavy (non-hydrogen) atoms. The van der Waals surface area contributed by atoms with Crippen LogP contribution in [0.5, 0.6) is 0 Å². The summed E-state index contributed by atoms with van der Waals surface area (Å²) in [7, 11) is -4.34. The SMILES string of the molecule is CCCCCCCCCCCCCC(=O)OC(COC(=O)CCCCC)COP(=O)(O)OCCN. The Balaban J connectivity index is 4.27. The van der Waals surface area contributed by atoms with Crippen molar-refractivity contribution in [1.29, 1.82) is 0 Å². The summed E-state index contributed by atoms with van der Waals surface area (Å²) in [6.45, 7) is 3.50. The van der Waals surface area contributed by atoms with Gasteiger partial charge >= 0.3 is 19.8 Å². The molecular weight excluding hydrogens is 473 g/mol. The van der Waals surface area contributed by atoms with E-state index in [1.54, 1.807) is 0 Å². The minimum atomic E-state index is -4.34. The second-order valence-electron chi connectivity index (χ2n) is 8.92. The van der Waals surface area contributed by atoms with Gasteiger partial charge < -0.3 is 20.1 Å². The number of phosphoric ester groups is 1. The number of esters is 2. The number of phosphoric acid groups is 1. The van der Waals surface area contributed by atoms with E-state index in [0.717, 1.165) is 25.7 Å². The first kappa shape index (κ1) is 34.0. The molecule has 0 spiro atoms. The molecule has 0 rings (SSSR count). The molecule has 208 valence electrons. The van der Waals surface area contributed by atoms with Crippen LogP contribution in [0.25, 0.3) is 0 Å². The van der Waals surface area contributed by atoms with Crippen LogP contribution in [0, 0.1) is 0 Å². The first-order valence-electron chi connectivity index (χ1n) is 13.5. The van der Waals surface area contributed by atoms with E-state index in [4.69, 9.17) is 19.7 Å². The number of rotatable bonds is 25. The minimum absolute atomic E-state index is 0.0562. The van der Waals surface area contributed by atoms with Crippen LogP contribution in [0.4, 0.5) is 0 Å². The smallest absolute Gasteiger partial charge is 0.462 e. The first-order chi connectivity index (χ1) is 16.8. The fraction of sp³-hybridized carbons (Fsp3) is 0.920. The van der Waals surface area contributed by atoms with E-state index in [9.17, 15) is 19.0 Å². The van der Waals surface area contributed by atoms with Crippen molar-refractivity contribution in [3.63, 3.8) is 0 Å². The number of ether oxygens (including phenoxy) is 2. The lowest BCUT2D eigenvalue weighted by molar-refractivity contribution is -0.161. The molecule has 0 bridgehead atoms. The van der Waals surface area contributed by atoms with Crippen LogP contribution in [-0.2, 0) is 32.7 Å². The fourth-order valence-electron chi connectivity index (χ4n) is 3.45. The Morgan fingerprint density at radius 3 is 1.80 bits per heavy atom. The van der Waals surface area contributed by atoms with Crippen molar-refractivity contribution in [3.05, 3.63) is 0 Å². The van der Waals surface area contributed by atoms with Gasteiger partial charge in [0.15, 0.2) is 6.10 Å². The predicted molar refractivity (Wildman–Crippen MR) is 137 cm³/mol. The molecule has 0 aliphatic rings. The lowest BCUT2D eigenvalue weighted by atomic mass is 10.1. The summed E-state index contributed by atoms with van der Waals surface area (Å²) in [4.78, 5) is 33.8. The monoisotopic (exact) mass is 523 g/mol. The lowest BCUT2D eigenvalue weighted by Crippen LogP contribution is -2.29. The van der Waals surface area contributed by atoms with Gasteiger partial charge in [-0.2, -0.15) is 0 Å². The Hall–Kier alpha value is -0.990. The van der Waals surface area contributed by atoms with Crippen LogP contribution in [0.2, 0.25) is 0 Å². The molecule has 0 fully saturated rings. The van der Waals surface area contributed by atoms with Crippen molar-refractivity contribution < 1.29 is 37.6 Å². The highest BCUT2D eigenvalue weighted by Crippen LogP contribution is 2.43. The van der Waals surface area contributed by atoms with E-state index < -0.39 is 32.5 Å². The summed E-state index contributed by atoms with van der Waals surface area (Å²) < 4.78 is 32.0. The first-order valence-corrected chi connectivity index (χ1v) is 15.0. The van der Waals surface area contributed by atoms with Crippen molar-refractivity contribution in [2.24, 2.45) is 5.73 Å². The van der Waals surface area contributed by atoms with Gasteiger partial charge in [0.2, 0.25) is 0 Å². The number of hydrogen-bond donors (Lipinski definition) is 2. The quantitative estimate of drug-likeness (QED) is 0.0862. The van der Waals surface area contributed by atoms with Gasteiger partial charge in [-0.3, -0.25) is 18.6 Å². The molecule has 2 atom stereocenters. The number of carbonyl (C=O) groups is 2. The van der Waals surface area contributed by atoms with Crippen molar-refractivity contribution in [3.8, 4) is 0 Å². The average molecular weight is 524 g/mol. The van der Waals surface area contributed by atoms with Gasteiger partial charge in [-0.1, -0.05) is 90.9 Å². The summed E-state index contributed by atoms with van der Waals surface area (Å²) in [5, 5.41) is 0. The van der Waals surface area contributed by atoms with E-state index in [1.807, 2.05) is 6.92 Å². The Kier molecular flexibility index (Phi) is 22.7. The van der Waals surface area contributed by atoms with E-state index >= 15 is 0 Å². The molecule has 0 aliphatic heterocycles. The number of nitrogens with two attached hydrogens (primary N) is 1. The second kappa shape index (κ2) is 23.4. The van der Waals surface area contributed by atoms with E-state index in [-0.39, 0.29) is 32.6 Å². The van der Waals surface area contributed by atoms with E-state index in [1.165, 1.54) is 51.4 Å². The maximum Gasteiger partial charge on any atom is 0.472 e. The molecule has 0 radical (unpaired) electrons. The summed E-state index contributed by atoms with van der Waals surface area (Å²) >= 11 is 0. The van der Waals surface area contributed by atoms with Crippen LogP contribution in [-0.4, -0.2) is 49.3 Å². The maximum atomic E-state index is 12.3. The van der Waals surface area contributed by atoms with E-state index in [2.05, 4.69) is 11.4 Å². The van der Waals surface area contributed by atoms with Crippen LogP contribution in [0.15, 0.2) is 0 Å². The highest BCUT2D eigenvalue weighted by atomic mass is 31.2. The molecule has 0 aromatic heterocycles. The zero-order chi connectivity index (χ0) is 26.2. The van der Waals surface area contributed by atoms with Crippen LogP contribution >= 0.6 is 7.82 Å². The number of unbranched alkanes of at least 4 members (excludes halogenated alkanes) is 12. The third-order valence-corrected chi connectivity index (χ3v) is 6.48. The van der Waals surface area contributed by atoms with Gasteiger partial charge in [0.25, 0.3) is 0 Å². The molecule has 0 amide bonds. The van der Waals surface area contributed by atoms with Crippen molar-refractivity contribution in [2.75, 3.05) is 26.4 Å². The van der Waals surface area contributed by atoms with Gasteiger partial charge in [0, 0.05) is 19.4 Å². The Morgan fingerprint density at radius 1 is 0.743 bits per heavy atom. The van der Waals surface area contributed by atoms with Gasteiger partial charge in [-0.15, -0.1) is 0 Å². The molecule has 3 N–H and O–H groups in total. The average Bonchev–Trinajstić information content (AvgIpc) is 2.83. The Morgan fingerprint density at radius 2 is 1.23 bits per heavy atom. The van der Waals surface area contributed by atoms with E-state index in [0.29, 0.717) is 12.8 Å². The molecule has 0 aliphatic carbocycles. The molecule has 0 aromatic carbocycles. The standard InChI is InChI=1S/C25H50NO8P/c1-3-5-7-8-9-10-11-12-13-14-16-18-25(28)34-23(21-31-24(27)17-15-6-4-2)22-33-35(29,30)32-20-19-26/h23H,3-22,26H2,1-2H3,(H,29,30). The van der Waals surface area contributed by atoms with Crippen molar-refractivity contribution in [1.82, 2.24) is 0 Å². The van der Waals surface area contributed by atoms with Crippen LogP contribution < -0.4 is 5.73 Å². The number of carbonyl (C=O) groups excluding carboxylic acids is 2. The van der Waals surface area contributed by atoms with Gasteiger partial charge in [-0.25, -0.2) is 4.57 Å². The van der Waals surface area contributed by atoms with Crippen molar-refractivity contribution >= 4 is 19.8 Å². The van der Waals surface area contributed by atoms with Gasteiger partial charge in [0.05, 0.1) is 13.2 Å². The third kappa shape index (κ3) is 23.2. The topological polar surface area (TPSA) is 134 Å². The van der Waals surface area contributed by atoms with Crippen LogP contribution in [0.3, 0.4) is 0 Å². The van der Waals surface area contributed by atoms with Gasteiger partial charge in [0.1, 0.15) is 6.61 Å². The zero-order valence-electron chi connectivity index (χ0n) is 22.0. The summed E-state index contributed by atoms with van der Waals surface area (Å²) in [5.74, 6) is -0.858. The molecule has 10 heteroatoms. The highest BCUT2D eigenvalue weighted by Gasteiger charge is 2.25. The fourth-order valence-corrected chi connectivity index (χ4v) is 4.22. The Bertz CT molecular complexity index is 576. The van der Waals surface area contributed by atoms with Crippen LogP contribution in [0.1, 0.15) is 117 Å². The molecule has 0 heterocycles. The second-order valence-corrected chi connectivity index (χ2v) is 10.4. The molecule has 9 nitrogen and oxygen atoms in total. The summed E-state index contributed by atoms with van der Waals surface area (Å²) in [5.41, 5.74) is 5.26. The molecule has 0 aromatic rings. The summed E-state index contributed by atoms with van der Waals surface area (Å²) in [6.07, 6.45) is 15.1. The lowest BCUT2D eigenvalue weighted by Gasteiger charge is -2.19. The highest BCUT2D eigenvalue weighted by molar-refractivity contribution is 7.47. The van der Waals surface area contributed by atoms with Crippen molar-refractivity contribution in [2.45, 2.75) is 123 Å². The molecule has 0 saturated carbocycles. The molecule has 2 unspecified atom stereocenters.